The first kappa shape index (κ1) is 26.7. The van der Waals surface area contributed by atoms with E-state index in [9.17, 15) is 50.4 Å². The number of hydrogen-bond acceptors (Lipinski definition) is 12. The zero-order valence-electron chi connectivity index (χ0n) is 21.3. The van der Waals surface area contributed by atoms with Crippen LogP contribution in [0.2, 0.25) is 0 Å². The van der Waals surface area contributed by atoms with Crippen molar-refractivity contribution in [3.63, 3.8) is 0 Å². The summed E-state index contributed by atoms with van der Waals surface area (Å²) in [5.74, 6) is -4.58. The molecule has 0 aromatic heterocycles. The van der Waals surface area contributed by atoms with Crippen LogP contribution in [-0.2, 0) is 0 Å². The van der Waals surface area contributed by atoms with E-state index in [4.69, 9.17) is 9.47 Å². The molecule has 2 aliphatic heterocycles. The van der Waals surface area contributed by atoms with Crippen molar-refractivity contribution < 1.29 is 59.9 Å². The van der Waals surface area contributed by atoms with E-state index < -0.39 is 47.5 Å². The average molecular weight is 574 g/mol. The number of phenolic OH excluding ortho intramolecular Hbond substituents is 6. The van der Waals surface area contributed by atoms with Gasteiger partial charge in [0.05, 0.1) is 0 Å². The zero-order chi connectivity index (χ0) is 30.0. The summed E-state index contributed by atoms with van der Waals surface area (Å²) in [6, 6.07) is 12.0. The maximum atomic E-state index is 12.9. The van der Waals surface area contributed by atoms with Crippen molar-refractivity contribution in [3.05, 3.63) is 82.9 Å². The summed E-state index contributed by atoms with van der Waals surface area (Å²) in [5.41, 5.74) is -0.190. The summed E-state index contributed by atoms with van der Waals surface area (Å²) in [6.07, 6.45) is -6.19. The summed E-state index contributed by atoms with van der Waals surface area (Å²) < 4.78 is 11.5. The van der Waals surface area contributed by atoms with Gasteiger partial charge in [-0.15, -0.1) is 0 Å². The van der Waals surface area contributed by atoms with Gasteiger partial charge >= 0.3 is 0 Å². The van der Waals surface area contributed by atoms with Crippen LogP contribution in [0.25, 0.3) is 11.1 Å². The fraction of sp³-hybridized carbons (Fsp3) is 0.133. The minimum atomic E-state index is -1.77. The number of phenols is 6. The first-order valence-corrected chi connectivity index (χ1v) is 12.5. The molecule has 0 saturated carbocycles. The predicted molar refractivity (Wildman–Crippen MR) is 142 cm³/mol. The minimum Gasteiger partial charge on any atom is -0.508 e. The maximum Gasteiger partial charge on any atom is 0.202 e. The highest BCUT2D eigenvalue weighted by molar-refractivity contribution is 6.06. The van der Waals surface area contributed by atoms with E-state index in [-0.39, 0.29) is 67.9 Å². The Morgan fingerprint density at radius 2 is 0.881 bits per heavy atom. The highest BCUT2D eigenvalue weighted by Crippen LogP contribution is 2.46. The quantitative estimate of drug-likeness (QED) is 0.177. The Bertz CT molecular complexity index is 1660. The van der Waals surface area contributed by atoms with Crippen molar-refractivity contribution in [1.82, 2.24) is 0 Å². The van der Waals surface area contributed by atoms with E-state index in [1.807, 2.05) is 0 Å². The Morgan fingerprint density at radius 1 is 0.500 bits per heavy atom. The van der Waals surface area contributed by atoms with Crippen LogP contribution in [0.5, 0.6) is 46.0 Å². The number of carbonyl (C=O) groups excluding carboxylic acids is 2. The van der Waals surface area contributed by atoms with Gasteiger partial charge in [-0.05, 0) is 35.4 Å². The van der Waals surface area contributed by atoms with Gasteiger partial charge in [0.2, 0.25) is 11.6 Å². The second-order valence-electron chi connectivity index (χ2n) is 9.92. The van der Waals surface area contributed by atoms with E-state index in [1.54, 1.807) is 0 Å². The largest absolute Gasteiger partial charge is 0.508 e. The Labute approximate surface area is 236 Å². The van der Waals surface area contributed by atoms with Crippen LogP contribution >= 0.6 is 0 Å². The molecule has 12 heteroatoms. The van der Waals surface area contributed by atoms with Crippen molar-refractivity contribution in [1.29, 1.82) is 0 Å². The molecule has 0 saturated heterocycles. The standard InChI is InChI=1S/C30H22O12/c31-13-7-19(35)23-21(9-13)41-29(27(39)25(23)37)11-1-3-17(33)15(5-11)16-6-12(2-4-18(16)34)30-28(40)26(38)24-20(36)8-14(32)10-22(24)42-30/h1-10,27-36,39-40H. The molecule has 0 bridgehead atoms. The number of rotatable bonds is 3. The van der Waals surface area contributed by atoms with Crippen LogP contribution in [0, 0.1) is 0 Å². The third kappa shape index (κ3) is 4.17. The number of ether oxygens (including phenoxy) is 2. The molecule has 4 aromatic carbocycles. The summed E-state index contributed by atoms with van der Waals surface area (Å²) >= 11 is 0. The molecule has 12 nitrogen and oxygen atoms in total. The van der Waals surface area contributed by atoms with Gasteiger partial charge in [-0.3, -0.25) is 9.59 Å². The molecule has 6 rings (SSSR count). The third-order valence-corrected chi connectivity index (χ3v) is 7.23. The molecule has 0 amide bonds. The molecule has 0 fully saturated rings. The Hall–Kier alpha value is -5.46. The van der Waals surface area contributed by atoms with Gasteiger partial charge in [-0.25, -0.2) is 0 Å². The fourth-order valence-corrected chi connectivity index (χ4v) is 5.22. The molecule has 0 spiro atoms. The van der Waals surface area contributed by atoms with Crippen molar-refractivity contribution >= 4 is 11.6 Å². The van der Waals surface area contributed by atoms with Crippen LogP contribution in [0.3, 0.4) is 0 Å². The molecular weight excluding hydrogens is 552 g/mol. The highest BCUT2D eigenvalue weighted by atomic mass is 16.5. The zero-order valence-corrected chi connectivity index (χ0v) is 21.3. The normalized spacial score (nSPS) is 21.2. The Balaban J connectivity index is 1.39. The highest BCUT2D eigenvalue weighted by Gasteiger charge is 2.41. The van der Waals surface area contributed by atoms with Gasteiger partial charge in [-0.2, -0.15) is 0 Å². The number of aromatic hydroxyl groups is 6. The van der Waals surface area contributed by atoms with Gasteiger partial charge < -0.3 is 50.3 Å². The number of aliphatic hydroxyl groups is 2. The number of benzene rings is 4. The van der Waals surface area contributed by atoms with Gasteiger partial charge in [0.15, 0.2) is 24.4 Å². The van der Waals surface area contributed by atoms with Crippen molar-refractivity contribution in [2.45, 2.75) is 24.4 Å². The smallest absolute Gasteiger partial charge is 0.202 e. The Morgan fingerprint density at radius 3 is 1.26 bits per heavy atom. The van der Waals surface area contributed by atoms with Gasteiger partial charge in [0.25, 0.3) is 0 Å². The molecule has 4 atom stereocenters. The SMILES string of the molecule is O=C1c2c(O)cc(O)cc2OC(c2ccc(O)c(-c3cc(C4Oc5cc(O)cc(O)c5C(=O)C4O)ccc3O)c2)C1O. The molecule has 2 aliphatic rings. The monoisotopic (exact) mass is 574 g/mol. The molecule has 0 aliphatic carbocycles. The summed E-state index contributed by atoms with van der Waals surface area (Å²) in [5, 5.41) is 82.7. The van der Waals surface area contributed by atoms with Crippen LogP contribution in [0.4, 0.5) is 0 Å². The minimum absolute atomic E-state index is 0.0203. The molecule has 42 heavy (non-hydrogen) atoms. The van der Waals surface area contributed by atoms with E-state index >= 15 is 0 Å². The predicted octanol–water partition coefficient (Wildman–Crippen LogP) is 2.94. The molecule has 214 valence electrons. The van der Waals surface area contributed by atoms with Crippen LogP contribution in [0.15, 0.2) is 60.7 Å². The fourth-order valence-electron chi connectivity index (χ4n) is 5.22. The lowest BCUT2D eigenvalue weighted by atomic mass is 9.89. The number of carbonyl (C=O) groups is 2. The summed E-state index contributed by atoms with van der Waals surface area (Å²) in [6.45, 7) is 0. The van der Waals surface area contributed by atoms with Crippen LogP contribution in [-0.4, -0.2) is 64.6 Å². The number of ketones is 2. The number of aliphatic hydroxyl groups excluding tert-OH is 2. The lowest BCUT2D eigenvalue weighted by Crippen LogP contribution is -2.36. The number of fused-ring (bicyclic) bond motifs is 2. The molecule has 8 N–H and O–H groups in total. The first-order valence-electron chi connectivity index (χ1n) is 12.5. The van der Waals surface area contributed by atoms with E-state index in [0.717, 1.165) is 24.3 Å². The van der Waals surface area contributed by atoms with E-state index in [1.165, 1.54) is 36.4 Å². The van der Waals surface area contributed by atoms with Crippen molar-refractivity contribution in [2.24, 2.45) is 0 Å². The molecule has 2 heterocycles. The van der Waals surface area contributed by atoms with Gasteiger partial charge in [0, 0.05) is 35.4 Å². The lowest BCUT2D eigenvalue weighted by Gasteiger charge is -2.31. The molecule has 0 radical (unpaired) electrons. The lowest BCUT2D eigenvalue weighted by molar-refractivity contribution is 0.0208. The number of Topliss-reactive ketones (excluding diaryl/α,β-unsaturated/α-hetero) is 2. The van der Waals surface area contributed by atoms with Crippen molar-refractivity contribution in [2.75, 3.05) is 0 Å². The number of hydrogen-bond donors (Lipinski definition) is 8. The molecular formula is C30H22O12. The second-order valence-corrected chi connectivity index (χ2v) is 9.92. The third-order valence-electron chi connectivity index (χ3n) is 7.23. The molecule has 4 unspecified atom stereocenters. The second kappa shape index (κ2) is 9.58. The van der Waals surface area contributed by atoms with E-state index in [2.05, 4.69) is 0 Å². The average Bonchev–Trinajstić information content (AvgIpc) is 2.93. The van der Waals surface area contributed by atoms with Crippen LogP contribution in [0.1, 0.15) is 44.1 Å². The topological polar surface area (TPSA) is 214 Å². The van der Waals surface area contributed by atoms with Gasteiger partial charge in [0.1, 0.15) is 57.1 Å². The van der Waals surface area contributed by atoms with Crippen LogP contribution < -0.4 is 9.47 Å². The maximum absolute atomic E-state index is 12.9. The Kier molecular flexibility index (Phi) is 6.10. The first-order chi connectivity index (χ1) is 19.9. The van der Waals surface area contributed by atoms with Crippen molar-refractivity contribution in [3.8, 4) is 57.1 Å². The van der Waals surface area contributed by atoms with Gasteiger partial charge in [-0.1, -0.05) is 12.1 Å². The van der Waals surface area contributed by atoms with E-state index in [0.29, 0.717) is 0 Å². The summed E-state index contributed by atoms with van der Waals surface area (Å²) in [4.78, 5) is 25.7. The molecule has 4 aromatic rings. The summed E-state index contributed by atoms with van der Waals surface area (Å²) in [7, 11) is 0.